The maximum absolute atomic E-state index is 12.2. The highest BCUT2D eigenvalue weighted by molar-refractivity contribution is 7.90. The van der Waals surface area contributed by atoms with Crippen LogP contribution in [0.2, 0.25) is 0 Å². The summed E-state index contributed by atoms with van der Waals surface area (Å²) >= 11 is 0. The van der Waals surface area contributed by atoms with Crippen molar-refractivity contribution in [3.63, 3.8) is 0 Å². The summed E-state index contributed by atoms with van der Waals surface area (Å²) in [5.41, 5.74) is 1.88. The van der Waals surface area contributed by atoms with Gasteiger partial charge in [0, 0.05) is 17.0 Å². The Kier molecular flexibility index (Phi) is 3.69. The molecule has 0 aromatic heterocycles. The van der Waals surface area contributed by atoms with Crippen LogP contribution in [0.25, 0.3) is 10.8 Å². The number of nitrogens with zero attached hydrogens (tertiary/aromatic N) is 1. The van der Waals surface area contributed by atoms with E-state index < -0.39 is 20.7 Å². The zero-order valence-corrected chi connectivity index (χ0v) is 13.3. The zero-order valence-electron chi connectivity index (χ0n) is 12.5. The molecule has 122 valence electrons. The smallest absolute Gasteiger partial charge is 0.218 e. The molecule has 0 spiro atoms. The molecule has 24 heavy (non-hydrogen) atoms. The van der Waals surface area contributed by atoms with Crippen molar-refractivity contribution < 1.29 is 13.5 Å². The van der Waals surface area contributed by atoms with E-state index in [0.29, 0.717) is 5.69 Å². The van der Waals surface area contributed by atoms with Gasteiger partial charge in [-0.2, -0.15) is 5.10 Å². The van der Waals surface area contributed by atoms with Crippen LogP contribution in [0.5, 0.6) is 5.75 Å². The normalized spacial score (nSPS) is 12.6. The standard InChI is InChI=1S/C16H12N2O5S/c1-24(22,23)11-5-2-9(3-6-11)17-18-14-15(20)12-7-4-10(19)8-13(12)16(14)21/h2-8,17,19H,1H3/b18-14-. The Morgan fingerprint density at radius 1 is 0.958 bits per heavy atom. The first-order valence-corrected chi connectivity index (χ1v) is 8.73. The molecule has 0 aliphatic carbocycles. The summed E-state index contributed by atoms with van der Waals surface area (Å²) in [6.45, 7) is 0. The summed E-state index contributed by atoms with van der Waals surface area (Å²) in [5.74, 6) is -0.111. The van der Waals surface area contributed by atoms with Crippen molar-refractivity contribution in [2.75, 3.05) is 11.7 Å². The first-order valence-electron chi connectivity index (χ1n) is 6.83. The molecule has 0 aliphatic rings. The molecule has 0 radical (unpaired) electrons. The molecular formula is C16H12N2O5S. The third-order valence-electron chi connectivity index (χ3n) is 3.50. The minimum absolute atomic E-state index is 0.105. The molecule has 0 unspecified atom stereocenters. The molecule has 0 bridgehead atoms. The number of fused-ring (bicyclic) bond motifs is 1. The van der Waals surface area contributed by atoms with Crippen LogP contribution in [-0.4, -0.2) is 19.8 Å². The van der Waals surface area contributed by atoms with Crippen LogP contribution in [0.3, 0.4) is 0 Å². The number of nitrogens with one attached hydrogen (secondary N) is 1. The predicted molar refractivity (Wildman–Crippen MR) is 89.3 cm³/mol. The predicted octanol–water partition coefficient (Wildman–Crippen LogP) is 0.473. The van der Waals surface area contributed by atoms with Gasteiger partial charge < -0.3 is 5.11 Å². The molecule has 3 rings (SSSR count). The SMILES string of the molecule is CS(=O)(=O)c1ccc(N/N=c2/c(=O)c3ccc(O)cc3c2=O)cc1. The molecule has 3 aromatic rings. The van der Waals surface area contributed by atoms with Gasteiger partial charge in [0.15, 0.2) is 15.2 Å². The van der Waals surface area contributed by atoms with Gasteiger partial charge in [0.25, 0.3) is 0 Å². The van der Waals surface area contributed by atoms with E-state index in [-0.39, 0.29) is 26.8 Å². The zero-order chi connectivity index (χ0) is 17.5. The Morgan fingerprint density at radius 3 is 2.21 bits per heavy atom. The van der Waals surface area contributed by atoms with Crippen molar-refractivity contribution in [2.24, 2.45) is 5.10 Å². The third kappa shape index (κ3) is 2.79. The van der Waals surface area contributed by atoms with E-state index in [2.05, 4.69) is 10.5 Å². The Labute approximate surface area is 136 Å². The van der Waals surface area contributed by atoms with Gasteiger partial charge in [-0.05, 0) is 42.5 Å². The molecule has 0 fully saturated rings. The minimum Gasteiger partial charge on any atom is -0.508 e. The maximum atomic E-state index is 12.2. The molecule has 8 heteroatoms. The molecule has 3 aromatic carbocycles. The second-order valence-electron chi connectivity index (χ2n) is 5.26. The lowest BCUT2D eigenvalue weighted by molar-refractivity contribution is 0.476. The van der Waals surface area contributed by atoms with Crippen molar-refractivity contribution in [3.8, 4) is 5.75 Å². The number of phenols is 1. The molecule has 0 saturated carbocycles. The van der Waals surface area contributed by atoms with E-state index in [1.165, 1.54) is 42.5 Å². The fourth-order valence-electron chi connectivity index (χ4n) is 2.27. The third-order valence-corrected chi connectivity index (χ3v) is 4.63. The molecule has 0 atom stereocenters. The largest absolute Gasteiger partial charge is 0.508 e. The molecule has 0 heterocycles. The average molecular weight is 344 g/mol. The van der Waals surface area contributed by atoms with Crippen molar-refractivity contribution in [2.45, 2.75) is 4.90 Å². The monoisotopic (exact) mass is 344 g/mol. The second kappa shape index (κ2) is 5.57. The van der Waals surface area contributed by atoms with Gasteiger partial charge >= 0.3 is 0 Å². The summed E-state index contributed by atoms with van der Waals surface area (Å²) < 4.78 is 22.8. The molecule has 0 amide bonds. The fraction of sp³-hybridized carbons (Fsp3) is 0.0625. The minimum atomic E-state index is -3.30. The van der Waals surface area contributed by atoms with Crippen LogP contribution in [0.15, 0.2) is 62.1 Å². The summed E-state index contributed by atoms with van der Waals surface area (Å²) in [7, 11) is -3.30. The topological polar surface area (TPSA) is 113 Å². The maximum Gasteiger partial charge on any atom is 0.218 e. The van der Waals surface area contributed by atoms with Gasteiger partial charge in [0.2, 0.25) is 10.9 Å². The molecule has 7 nitrogen and oxygen atoms in total. The van der Waals surface area contributed by atoms with E-state index >= 15 is 0 Å². The fourth-order valence-corrected chi connectivity index (χ4v) is 2.91. The lowest BCUT2D eigenvalue weighted by Gasteiger charge is -2.01. The Balaban J connectivity index is 2.03. The van der Waals surface area contributed by atoms with Gasteiger partial charge in [-0.25, -0.2) is 8.42 Å². The van der Waals surface area contributed by atoms with Crippen molar-refractivity contribution >= 4 is 26.3 Å². The van der Waals surface area contributed by atoms with E-state index in [0.717, 1.165) is 6.26 Å². The molecule has 2 N–H and O–H groups in total. The summed E-state index contributed by atoms with van der Waals surface area (Å²) in [5, 5.41) is 13.2. The first-order chi connectivity index (χ1) is 11.3. The quantitative estimate of drug-likeness (QED) is 0.668. The van der Waals surface area contributed by atoms with Crippen LogP contribution < -0.4 is 21.6 Å². The number of hydrogen-bond acceptors (Lipinski definition) is 7. The highest BCUT2D eigenvalue weighted by atomic mass is 32.2. The van der Waals surface area contributed by atoms with Gasteiger partial charge in [0.05, 0.1) is 10.6 Å². The Morgan fingerprint density at radius 2 is 1.58 bits per heavy atom. The Bertz CT molecular complexity index is 1190. The number of rotatable bonds is 3. The van der Waals surface area contributed by atoms with Gasteiger partial charge in [-0.3, -0.25) is 15.0 Å². The number of benzene rings is 2. The second-order valence-corrected chi connectivity index (χ2v) is 7.27. The highest BCUT2D eigenvalue weighted by Crippen LogP contribution is 2.14. The first kappa shape index (κ1) is 15.9. The summed E-state index contributed by atoms with van der Waals surface area (Å²) in [4.78, 5) is 24.5. The number of phenolic OH excluding ortho intramolecular Hbond substituents is 1. The Hall–Kier alpha value is -3.00. The van der Waals surface area contributed by atoms with Crippen LogP contribution in [0, 0.1) is 0 Å². The van der Waals surface area contributed by atoms with E-state index in [9.17, 15) is 23.1 Å². The van der Waals surface area contributed by atoms with Crippen molar-refractivity contribution in [1.29, 1.82) is 0 Å². The summed E-state index contributed by atoms with van der Waals surface area (Å²) in [6, 6.07) is 9.65. The van der Waals surface area contributed by atoms with Crippen LogP contribution in [0.4, 0.5) is 5.69 Å². The lowest BCUT2D eigenvalue weighted by atomic mass is 10.2. The molecule has 0 aliphatic heterocycles. The van der Waals surface area contributed by atoms with Gasteiger partial charge in [-0.1, -0.05) is 0 Å². The highest BCUT2D eigenvalue weighted by Gasteiger charge is 2.11. The van der Waals surface area contributed by atoms with E-state index in [4.69, 9.17) is 0 Å². The number of hydrogen-bond donors (Lipinski definition) is 2. The number of anilines is 1. The van der Waals surface area contributed by atoms with E-state index in [1.807, 2.05) is 0 Å². The lowest BCUT2D eigenvalue weighted by Crippen LogP contribution is -2.32. The van der Waals surface area contributed by atoms with Gasteiger partial charge in [0.1, 0.15) is 5.75 Å². The molecule has 0 saturated heterocycles. The van der Waals surface area contributed by atoms with Gasteiger partial charge in [-0.15, -0.1) is 0 Å². The van der Waals surface area contributed by atoms with Crippen molar-refractivity contribution in [3.05, 3.63) is 68.3 Å². The number of aromatic hydroxyl groups is 1. The van der Waals surface area contributed by atoms with Crippen LogP contribution >= 0.6 is 0 Å². The molecular weight excluding hydrogens is 332 g/mol. The van der Waals surface area contributed by atoms with Crippen LogP contribution in [0.1, 0.15) is 0 Å². The number of sulfone groups is 1. The van der Waals surface area contributed by atoms with E-state index in [1.54, 1.807) is 0 Å². The van der Waals surface area contributed by atoms with Crippen molar-refractivity contribution in [1.82, 2.24) is 0 Å². The van der Waals surface area contributed by atoms with Crippen LogP contribution in [-0.2, 0) is 9.84 Å². The summed E-state index contributed by atoms with van der Waals surface area (Å²) in [6.07, 6.45) is 1.10. The average Bonchev–Trinajstić information content (AvgIpc) is 2.76.